The van der Waals surface area contributed by atoms with E-state index in [-0.39, 0.29) is 0 Å². The molecule has 0 unspecified atom stereocenters. The second-order valence-corrected chi connectivity index (χ2v) is 6.32. The van der Waals surface area contributed by atoms with Crippen molar-refractivity contribution in [2.45, 2.75) is 0 Å². The molecule has 130 valence electrons. The minimum absolute atomic E-state index is 0.668. The van der Waals surface area contributed by atoms with Crippen LogP contribution in [-0.4, -0.2) is 24.7 Å². The van der Waals surface area contributed by atoms with Crippen molar-refractivity contribution < 1.29 is 0 Å². The molecule has 6 heteroatoms. The number of benzene rings is 2. The van der Waals surface area contributed by atoms with E-state index in [0.717, 1.165) is 38.9 Å². The van der Waals surface area contributed by atoms with E-state index in [0.29, 0.717) is 5.82 Å². The lowest BCUT2D eigenvalue weighted by molar-refractivity contribution is 0.797. The van der Waals surface area contributed by atoms with Gasteiger partial charge in [-0.25, -0.2) is 9.97 Å². The van der Waals surface area contributed by atoms with Crippen molar-refractivity contribution in [3.63, 3.8) is 0 Å². The first-order chi connectivity index (χ1) is 13.3. The second kappa shape index (κ2) is 6.17. The summed E-state index contributed by atoms with van der Waals surface area (Å²) in [7, 11) is 1.94. The van der Waals surface area contributed by atoms with Crippen LogP contribution in [0.3, 0.4) is 0 Å². The fourth-order valence-electron chi connectivity index (χ4n) is 3.18. The summed E-state index contributed by atoms with van der Waals surface area (Å²) in [4.78, 5) is 13.6. The minimum Gasteiger partial charge on any atom is -0.340 e. The number of anilines is 2. The zero-order valence-electron chi connectivity index (χ0n) is 14.7. The number of nitrogens with one attached hydrogen (secondary N) is 1. The number of para-hydroxylation sites is 1. The summed E-state index contributed by atoms with van der Waals surface area (Å²) >= 11 is 0. The van der Waals surface area contributed by atoms with Crippen molar-refractivity contribution in [2.75, 3.05) is 5.32 Å². The van der Waals surface area contributed by atoms with Gasteiger partial charge in [0.2, 0.25) is 0 Å². The number of nitrogens with zero attached hydrogens (tertiary/aromatic N) is 5. The normalized spacial score (nSPS) is 11.1. The van der Waals surface area contributed by atoms with Gasteiger partial charge in [-0.3, -0.25) is 9.67 Å². The topological polar surface area (TPSA) is 68.5 Å². The van der Waals surface area contributed by atoms with Gasteiger partial charge < -0.3 is 5.32 Å². The highest BCUT2D eigenvalue weighted by Gasteiger charge is 2.10. The number of pyridine rings is 1. The molecule has 0 saturated carbocycles. The molecule has 5 aromatic rings. The molecule has 0 atom stereocenters. The maximum Gasteiger partial charge on any atom is 0.162 e. The summed E-state index contributed by atoms with van der Waals surface area (Å²) in [5, 5.41) is 9.81. The Bertz CT molecular complexity index is 1260. The van der Waals surface area contributed by atoms with Gasteiger partial charge in [0.15, 0.2) is 5.82 Å². The van der Waals surface area contributed by atoms with Crippen molar-refractivity contribution in [1.29, 1.82) is 0 Å². The molecule has 0 amide bonds. The van der Waals surface area contributed by atoms with E-state index in [1.54, 1.807) is 12.4 Å². The number of aromatic nitrogens is 5. The summed E-state index contributed by atoms with van der Waals surface area (Å²) in [6.07, 6.45) is 5.36. The van der Waals surface area contributed by atoms with Gasteiger partial charge in [-0.15, -0.1) is 0 Å². The molecular weight excluding hydrogens is 336 g/mol. The van der Waals surface area contributed by atoms with E-state index in [4.69, 9.17) is 9.97 Å². The van der Waals surface area contributed by atoms with Crippen molar-refractivity contribution in [3.05, 3.63) is 73.2 Å². The molecule has 0 aliphatic rings. The monoisotopic (exact) mass is 352 g/mol. The van der Waals surface area contributed by atoms with E-state index in [9.17, 15) is 0 Å². The van der Waals surface area contributed by atoms with Crippen molar-refractivity contribution in [2.24, 2.45) is 7.05 Å². The second-order valence-electron chi connectivity index (χ2n) is 6.32. The molecule has 6 nitrogen and oxygen atoms in total. The summed E-state index contributed by atoms with van der Waals surface area (Å²) in [5.41, 5.74) is 3.87. The number of hydrogen-bond donors (Lipinski definition) is 1. The Labute approximate surface area is 155 Å². The minimum atomic E-state index is 0.668. The van der Waals surface area contributed by atoms with Crippen LogP contribution in [0.5, 0.6) is 0 Å². The highest BCUT2D eigenvalue weighted by Crippen LogP contribution is 2.28. The van der Waals surface area contributed by atoms with Gasteiger partial charge in [0.1, 0.15) is 5.82 Å². The molecule has 2 aromatic carbocycles. The van der Waals surface area contributed by atoms with Gasteiger partial charge in [0.05, 0.1) is 17.2 Å². The van der Waals surface area contributed by atoms with Gasteiger partial charge in [0.25, 0.3) is 0 Å². The lowest BCUT2D eigenvalue weighted by Gasteiger charge is -2.11. The lowest BCUT2D eigenvalue weighted by atomic mass is 10.2. The van der Waals surface area contributed by atoms with Crippen LogP contribution in [0, 0.1) is 0 Å². The first-order valence-corrected chi connectivity index (χ1v) is 8.64. The van der Waals surface area contributed by atoms with Crippen LogP contribution in [-0.2, 0) is 7.05 Å². The third kappa shape index (κ3) is 2.77. The molecule has 1 N–H and O–H groups in total. The van der Waals surface area contributed by atoms with Gasteiger partial charge in [0, 0.05) is 41.5 Å². The van der Waals surface area contributed by atoms with Crippen molar-refractivity contribution in [3.8, 4) is 11.4 Å². The predicted octanol–water partition coefficient (Wildman–Crippen LogP) is 4.32. The van der Waals surface area contributed by atoms with E-state index in [2.05, 4.69) is 27.5 Å². The van der Waals surface area contributed by atoms with E-state index < -0.39 is 0 Å². The standard InChI is InChI=1S/C21H16N6/c1-27-19-7-6-16(12-15(19)13-23-27)24-21-17-4-2-3-5-18(17)25-20(26-21)14-8-10-22-11-9-14/h2-13H,1H3,(H,24,25,26). The average molecular weight is 352 g/mol. The zero-order chi connectivity index (χ0) is 18.2. The Morgan fingerprint density at radius 2 is 1.78 bits per heavy atom. The van der Waals surface area contributed by atoms with Crippen LogP contribution in [0.4, 0.5) is 11.5 Å². The smallest absolute Gasteiger partial charge is 0.162 e. The van der Waals surface area contributed by atoms with E-state index in [1.807, 2.05) is 60.4 Å². The Morgan fingerprint density at radius 1 is 0.926 bits per heavy atom. The Balaban J connectivity index is 1.64. The Morgan fingerprint density at radius 3 is 2.67 bits per heavy atom. The summed E-state index contributed by atoms with van der Waals surface area (Å²) in [6, 6.07) is 18.0. The largest absolute Gasteiger partial charge is 0.340 e. The first kappa shape index (κ1) is 15.5. The molecule has 27 heavy (non-hydrogen) atoms. The molecule has 3 heterocycles. The Hall–Kier alpha value is -3.80. The average Bonchev–Trinajstić information content (AvgIpc) is 3.09. The third-order valence-corrected chi connectivity index (χ3v) is 4.55. The fraction of sp³-hybridized carbons (Fsp3) is 0.0476. The van der Waals surface area contributed by atoms with Crippen LogP contribution in [0.15, 0.2) is 73.2 Å². The molecule has 0 aliphatic heterocycles. The van der Waals surface area contributed by atoms with Gasteiger partial charge in [-0.05, 0) is 42.5 Å². The Kier molecular flexibility index (Phi) is 3.53. The first-order valence-electron chi connectivity index (χ1n) is 8.64. The maximum absolute atomic E-state index is 4.78. The quantitative estimate of drug-likeness (QED) is 0.524. The van der Waals surface area contributed by atoms with Crippen LogP contribution < -0.4 is 5.32 Å². The number of fused-ring (bicyclic) bond motifs is 2. The van der Waals surface area contributed by atoms with Crippen LogP contribution in [0.1, 0.15) is 0 Å². The van der Waals surface area contributed by atoms with Crippen molar-refractivity contribution in [1.82, 2.24) is 24.7 Å². The number of rotatable bonds is 3. The summed E-state index contributed by atoms with van der Waals surface area (Å²) in [6.45, 7) is 0. The van der Waals surface area contributed by atoms with Crippen molar-refractivity contribution >= 4 is 33.3 Å². The highest BCUT2D eigenvalue weighted by atomic mass is 15.2. The van der Waals surface area contributed by atoms with Crippen LogP contribution >= 0.6 is 0 Å². The van der Waals surface area contributed by atoms with Gasteiger partial charge in [-0.1, -0.05) is 12.1 Å². The number of aryl methyl sites for hydroxylation is 1. The lowest BCUT2D eigenvalue weighted by Crippen LogP contribution is -1.99. The molecule has 0 radical (unpaired) electrons. The third-order valence-electron chi connectivity index (χ3n) is 4.55. The van der Waals surface area contributed by atoms with Gasteiger partial charge in [-0.2, -0.15) is 5.10 Å². The fourth-order valence-corrected chi connectivity index (χ4v) is 3.18. The number of hydrogen-bond acceptors (Lipinski definition) is 5. The molecule has 5 rings (SSSR count). The maximum atomic E-state index is 4.78. The molecule has 0 fully saturated rings. The van der Waals surface area contributed by atoms with E-state index in [1.165, 1.54) is 0 Å². The summed E-state index contributed by atoms with van der Waals surface area (Å²) in [5.74, 6) is 1.44. The highest BCUT2D eigenvalue weighted by molar-refractivity contribution is 5.93. The van der Waals surface area contributed by atoms with Crippen LogP contribution in [0.25, 0.3) is 33.2 Å². The molecule has 3 aromatic heterocycles. The zero-order valence-corrected chi connectivity index (χ0v) is 14.7. The molecular formula is C21H16N6. The van der Waals surface area contributed by atoms with Crippen LogP contribution in [0.2, 0.25) is 0 Å². The molecule has 0 spiro atoms. The predicted molar refractivity (Wildman–Crippen MR) is 107 cm³/mol. The van der Waals surface area contributed by atoms with E-state index >= 15 is 0 Å². The van der Waals surface area contributed by atoms with Gasteiger partial charge >= 0.3 is 0 Å². The summed E-state index contributed by atoms with van der Waals surface area (Å²) < 4.78 is 1.86. The molecule has 0 saturated heterocycles. The molecule has 0 aliphatic carbocycles. The SMILES string of the molecule is Cn1ncc2cc(Nc3nc(-c4ccncc4)nc4ccccc34)ccc21. The molecule has 0 bridgehead atoms.